The van der Waals surface area contributed by atoms with Crippen molar-refractivity contribution in [3.63, 3.8) is 0 Å². The number of carbonyl (C=O) groups excluding carboxylic acids is 1. The summed E-state index contributed by atoms with van der Waals surface area (Å²) in [6.45, 7) is 2.22. The van der Waals surface area contributed by atoms with Gasteiger partial charge in [-0.1, -0.05) is 59.6 Å². The normalized spacial score (nSPS) is 15.0. The lowest BCUT2D eigenvalue weighted by Crippen LogP contribution is -2.31. The summed E-state index contributed by atoms with van der Waals surface area (Å²) in [5.41, 5.74) is 3.39. The lowest BCUT2D eigenvalue weighted by molar-refractivity contribution is -0.116. The number of terminal acetylenes is 1. The second-order valence-electron chi connectivity index (χ2n) is 7.28. The Hall–Kier alpha value is -3.50. The Kier molecular flexibility index (Phi) is 6.10. The van der Waals surface area contributed by atoms with Crippen molar-refractivity contribution in [2.24, 2.45) is 0 Å². The van der Waals surface area contributed by atoms with Crippen LogP contribution >= 0.6 is 11.8 Å². The van der Waals surface area contributed by atoms with Crippen LogP contribution in [0.2, 0.25) is 0 Å². The molecule has 0 aliphatic carbocycles. The number of hydrogen-bond acceptors (Lipinski definition) is 5. The number of benzene rings is 2. The first-order valence-corrected chi connectivity index (χ1v) is 10.8. The Morgan fingerprint density at radius 2 is 2.03 bits per heavy atom. The molecule has 2 heterocycles. The number of hydrogen-bond donors (Lipinski definition) is 2. The molecule has 0 unspecified atom stereocenters. The summed E-state index contributed by atoms with van der Waals surface area (Å²) < 4.78 is 5.40. The molecule has 7 heteroatoms. The minimum atomic E-state index is -0.377. The van der Waals surface area contributed by atoms with E-state index in [0.29, 0.717) is 28.0 Å². The molecule has 0 saturated carbocycles. The van der Waals surface area contributed by atoms with Crippen molar-refractivity contribution in [1.82, 2.24) is 9.97 Å². The Labute approximate surface area is 184 Å². The SMILES string of the molecule is C#CCOc1ccc([C@H]2CC(=O)Nc3nc(SCc4cccc(C)c4)[nH]c(=O)c32)cc1. The quantitative estimate of drug-likeness (QED) is 0.352. The maximum atomic E-state index is 12.9. The van der Waals surface area contributed by atoms with E-state index >= 15 is 0 Å². The number of nitrogens with zero attached hydrogens (tertiary/aromatic N) is 1. The minimum absolute atomic E-state index is 0.169. The van der Waals surface area contributed by atoms with Crippen LogP contribution < -0.4 is 15.6 Å². The van der Waals surface area contributed by atoms with Gasteiger partial charge in [0, 0.05) is 18.1 Å². The fourth-order valence-electron chi connectivity index (χ4n) is 3.58. The van der Waals surface area contributed by atoms with E-state index in [9.17, 15) is 9.59 Å². The van der Waals surface area contributed by atoms with Gasteiger partial charge in [-0.15, -0.1) is 6.42 Å². The van der Waals surface area contributed by atoms with Gasteiger partial charge >= 0.3 is 0 Å². The zero-order valence-electron chi connectivity index (χ0n) is 17.0. The van der Waals surface area contributed by atoms with Gasteiger partial charge in [-0.05, 0) is 30.2 Å². The molecular weight excluding hydrogens is 410 g/mol. The van der Waals surface area contributed by atoms with Crippen LogP contribution in [0.5, 0.6) is 5.75 Å². The van der Waals surface area contributed by atoms with Crippen molar-refractivity contribution in [3.8, 4) is 18.1 Å². The molecule has 1 atom stereocenters. The molecule has 0 bridgehead atoms. The van der Waals surface area contributed by atoms with E-state index in [1.807, 2.05) is 37.3 Å². The fourth-order valence-corrected chi connectivity index (χ4v) is 4.38. The molecule has 0 fully saturated rings. The number of ether oxygens (including phenoxy) is 1. The molecule has 6 nitrogen and oxygen atoms in total. The van der Waals surface area contributed by atoms with Gasteiger partial charge in [0.25, 0.3) is 5.56 Å². The summed E-state index contributed by atoms with van der Waals surface area (Å²) in [4.78, 5) is 32.7. The molecule has 1 aliphatic heterocycles. The highest BCUT2D eigenvalue weighted by Crippen LogP contribution is 2.35. The van der Waals surface area contributed by atoms with E-state index in [4.69, 9.17) is 11.2 Å². The van der Waals surface area contributed by atoms with Crippen LogP contribution in [0.15, 0.2) is 58.5 Å². The van der Waals surface area contributed by atoms with Crippen molar-refractivity contribution in [3.05, 3.63) is 81.1 Å². The first kappa shape index (κ1) is 20.8. The van der Waals surface area contributed by atoms with Crippen LogP contribution in [0.25, 0.3) is 0 Å². The van der Waals surface area contributed by atoms with Crippen molar-refractivity contribution in [2.75, 3.05) is 11.9 Å². The van der Waals surface area contributed by atoms with Gasteiger partial charge in [0.2, 0.25) is 5.91 Å². The molecular formula is C24H21N3O3S. The van der Waals surface area contributed by atoms with E-state index in [0.717, 1.165) is 11.1 Å². The van der Waals surface area contributed by atoms with Gasteiger partial charge < -0.3 is 15.0 Å². The van der Waals surface area contributed by atoms with E-state index in [-0.39, 0.29) is 30.4 Å². The number of rotatable bonds is 6. The number of carbonyl (C=O) groups is 1. The lowest BCUT2D eigenvalue weighted by Gasteiger charge is -2.24. The Bertz CT molecular complexity index is 1210. The van der Waals surface area contributed by atoms with Crippen molar-refractivity contribution in [1.29, 1.82) is 0 Å². The molecule has 31 heavy (non-hydrogen) atoms. The smallest absolute Gasteiger partial charge is 0.257 e. The topological polar surface area (TPSA) is 84.1 Å². The molecule has 1 amide bonds. The van der Waals surface area contributed by atoms with Crippen molar-refractivity contribution in [2.45, 2.75) is 30.2 Å². The molecule has 2 aromatic carbocycles. The van der Waals surface area contributed by atoms with Gasteiger partial charge in [-0.3, -0.25) is 9.59 Å². The van der Waals surface area contributed by atoms with Crippen LogP contribution in [0.3, 0.4) is 0 Å². The highest BCUT2D eigenvalue weighted by atomic mass is 32.2. The van der Waals surface area contributed by atoms with Gasteiger partial charge in [0.15, 0.2) is 5.16 Å². The zero-order valence-corrected chi connectivity index (χ0v) is 17.8. The summed E-state index contributed by atoms with van der Waals surface area (Å²) in [6.07, 6.45) is 5.39. The van der Waals surface area contributed by atoms with Gasteiger partial charge in [0.1, 0.15) is 18.2 Å². The number of H-pyrrole nitrogens is 1. The van der Waals surface area contributed by atoms with Gasteiger partial charge in [-0.2, -0.15) is 0 Å². The summed E-state index contributed by atoms with van der Waals surface area (Å²) in [6, 6.07) is 15.4. The molecule has 4 rings (SSSR count). The van der Waals surface area contributed by atoms with Crippen molar-refractivity contribution < 1.29 is 9.53 Å². The monoisotopic (exact) mass is 431 g/mol. The number of nitrogens with one attached hydrogen (secondary N) is 2. The largest absolute Gasteiger partial charge is 0.481 e. The number of anilines is 1. The number of aromatic amines is 1. The second kappa shape index (κ2) is 9.11. The van der Waals surface area contributed by atoms with E-state index < -0.39 is 0 Å². The fraction of sp³-hybridized carbons (Fsp3) is 0.208. The predicted molar refractivity (Wildman–Crippen MR) is 121 cm³/mol. The Morgan fingerprint density at radius 3 is 2.77 bits per heavy atom. The van der Waals surface area contributed by atoms with E-state index in [1.165, 1.54) is 17.3 Å². The average molecular weight is 432 g/mol. The van der Waals surface area contributed by atoms with Crippen LogP contribution in [0.4, 0.5) is 5.82 Å². The van der Waals surface area contributed by atoms with Crippen LogP contribution in [0, 0.1) is 19.3 Å². The lowest BCUT2D eigenvalue weighted by atomic mass is 9.87. The average Bonchev–Trinajstić information content (AvgIpc) is 2.76. The Morgan fingerprint density at radius 1 is 1.23 bits per heavy atom. The highest BCUT2D eigenvalue weighted by molar-refractivity contribution is 7.98. The van der Waals surface area contributed by atoms with Crippen LogP contribution in [-0.4, -0.2) is 22.5 Å². The van der Waals surface area contributed by atoms with Gasteiger partial charge in [-0.25, -0.2) is 4.98 Å². The van der Waals surface area contributed by atoms with Crippen LogP contribution in [0.1, 0.15) is 34.6 Å². The third-order valence-corrected chi connectivity index (χ3v) is 5.94. The summed E-state index contributed by atoms with van der Waals surface area (Å²) in [5.74, 6) is 3.50. The highest BCUT2D eigenvalue weighted by Gasteiger charge is 2.31. The number of amides is 1. The number of aromatic nitrogens is 2. The molecule has 3 aromatic rings. The van der Waals surface area contributed by atoms with Crippen molar-refractivity contribution >= 4 is 23.5 Å². The molecule has 2 N–H and O–H groups in total. The standard InChI is InChI=1S/C24H21N3O3S/c1-3-11-30-18-9-7-17(8-10-18)19-13-20(28)25-22-21(19)23(29)27-24(26-22)31-14-16-6-4-5-15(2)12-16/h1,4-10,12,19H,11,13-14H2,2H3,(H2,25,26,27,28,29)/t19-/m1/s1. The second-order valence-corrected chi connectivity index (χ2v) is 8.24. The predicted octanol–water partition coefficient (Wildman–Crippen LogP) is 3.86. The number of thioether (sulfide) groups is 1. The third-order valence-electron chi connectivity index (χ3n) is 4.99. The summed E-state index contributed by atoms with van der Waals surface area (Å²) >= 11 is 1.43. The molecule has 0 spiro atoms. The molecule has 0 saturated heterocycles. The van der Waals surface area contributed by atoms with Gasteiger partial charge in [0.05, 0.1) is 5.56 Å². The summed E-state index contributed by atoms with van der Waals surface area (Å²) in [5, 5.41) is 3.23. The first-order chi connectivity index (χ1) is 15.0. The molecule has 156 valence electrons. The van der Waals surface area contributed by atoms with E-state index in [2.05, 4.69) is 27.3 Å². The molecule has 0 radical (unpaired) electrons. The summed E-state index contributed by atoms with van der Waals surface area (Å²) in [7, 11) is 0. The third kappa shape index (κ3) is 4.81. The number of aryl methyl sites for hydroxylation is 1. The molecule has 1 aliphatic rings. The molecule has 1 aromatic heterocycles. The zero-order chi connectivity index (χ0) is 21.8. The maximum Gasteiger partial charge on any atom is 0.257 e. The minimum Gasteiger partial charge on any atom is -0.481 e. The van der Waals surface area contributed by atoms with Crippen LogP contribution in [-0.2, 0) is 10.5 Å². The maximum absolute atomic E-state index is 12.9. The van der Waals surface area contributed by atoms with E-state index in [1.54, 1.807) is 12.1 Å². The number of fused-ring (bicyclic) bond motifs is 1. The first-order valence-electron chi connectivity index (χ1n) is 9.82. The Balaban J connectivity index is 1.59.